The van der Waals surface area contributed by atoms with E-state index in [2.05, 4.69) is 5.32 Å². The molecule has 0 aliphatic carbocycles. The average Bonchev–Trinajstić information content (AvgIpc) is 2.50. The molecule has 1 fully saturated rings. The molecule has 22 heavy (non-hydrogen) atoms. The Balaban J connectivity index is 1.93. The van der Waals surface area contributed by atoms with Crippen LogP contribution in [0.4, 0.5) is 4.79 Å². The van der Waals surface area contributed by atoms with Crippen molar-refractivity contribution in [3.05, 3.63) is 35.9 Å². The zero-order chi connectivity index (χ0) is 16.1. The van der Waals surface area contributed by atoms with Crippen LogP contribution in [0, 0.1) is 0 Å². The normalized spacial score (nSPS) is 15.0. The summed E-state index contributed by atoms with van der Waals surface area (Å²) in [5.74, 6) is -2.15. The fourth-order valence-electron chi connectivity index (χ4n) is 2.18. The first kappa shape index (κ1) is 15.7. The molecule has 1 N–H and O–H groups in total. The van der Waals surface area contributed by atoms with Gasteiger partial charge >= 0.3 is 17.8 Å². The third-order valence-electron chi connectivity index (χ3n) is 3.39. The topological polar surface area (TPSA) is 86.8 Å². The number of benzene rings is 1. The van der Waals surface area contributed by atoms with Crippen LogP contribution < -0.4 is 5.32 Å². The molecule has 7 heteroatoms. The minimum atomic E-state index is -0.905. The van der Waals surface area contributed by atoms with E-state index in [0.717, 1.165) is 10.5 Å². The molecule has 0 spiro atoms. The van der Waals surface area contributed by atoms with Gasteiger partial charge in [0.1, 0.15) is 0 Å². The van der Waals surface area contributed by atoms with Crippen LogP contribution in [0.5, 0.6) is 0 Å². The molecule has 1 aliphatic rings. The molecule has 0 saturated carbocycles. The number of urea groups is 1. The molecule has 0 atom stereocenters. The molecule has 5 amide bonds. The molecule has 0 radical (unpaired) electrons. The second kappa shape index (κ2) is 6.84. The summed E-state index contributed by atoms with van der Waals surface area (Å²) in [5, 5.41) is 2.14. The number of carbonyl (C=O) groups excluding carboxylic acids is 4. The lowest BCUT2D eigenvalue weighted by atomic mass is 10.1. The Hall–Kier alpha value is -2.70. The van der Waals surface area contributed by atoms with Gasteiger partial charge in [-0.15, -0.1) is 0 Å². The zero-order valence-electron chi connectivity index (χ0n) is 12.2. The summed E-state index contributed by atoms with van der Waals surface area (Å²) in [7, 11) is 0. The van der Waals surface area contributed by atoms with Crippen molar-refractivity contribution in [2.24, 2.45) is 0 Å². The Labute approximate surface area is 127 Å². The van der Waals surface area contributed by atoms with Crippen LogP contribution in [0.1, 0.15) is 12.5 Å². The highest BCUT2D eigenvalue weighted by molar-refractivity contribution is 6.38. The highest BCUT2D eigenvalue weighted by atomic mass is 16.2. The van der Waals surface area contributed by atoms with Gasteiger partial charge in [0.15, 0.2) is 0 Å². The monoisotopic (exact) mass is 303 g/mol. The van der Waals surface area contributed by atoms with Crippen LogP contribution >= 0.6 is 0 Å². The lowest BCUT2D eigenvalue weighted by Gasteiger charge is -2.31. The molecule has 0 unspecified atom stereocenters. The summed E-state index contributed by atoms with van der Waals surface area (Å²) in [4.78, 5) is 49.5. The molecule has 1 aliphatic heterocycles. The van der Waals surface area contributed by atoms with Crippen molar-refractivity contribution in [1.82, 2.24) is 15.1 Å². The van der Waals surface area contributed by atoms with Crippen molar-refractivity contribution in [3.63, 3.8) is 0 Å². The highest BCUT2D eigenvalue weighted by Crippen LogP contribution is 2.05. The first-order chi connectivity index (χ1) is 10.5. The molecule has 116 valence electrons. The van der Waals surface area contributed by atoms with Crippen LogP contribution in [-0.2, 0) is 20.8 Å². The van der Waals surface area contributed by atoms with Gasteiger partial charge < -0.3 is 4.90 Å². The van der Waals surface area contributed by atoms with Gasteiger partial charge in [0.25, 0.3) is 0 Å². The minimum Gasteiger partial charge on any atom is -0.333 e. The van der Waals surface area contributed by atoms with Crippen molar-refractivity contribution in [2.45, 2.75) is 13.3 Å². The molecule has 1 saturated heterocycles. The number of rotatable bonds is 3. The van der Waals surface area contributed by atoms with Crippen LogP contribution in [0.3, 0.4) is 0 Å². The van der Waals surface area contributed by atoms with Gasteiger partial charge in [-0.3, -0.25) is 24.6 Å². The summed E-state index contributed by atoms with van der Waals surface area (Å²) in [5.41, 5.74) is 0.756. The van der Waals surface area contributed by atoms with E-state index in [-0.39, 0.29) is 19.5 Å². The van der Waals surface area contributed by atoms with Gasteiger partial charge in [-0.2, -0.15) is 0 Å². The predicted molar refractivity (Wildman–Crippen MR) is 77.7 cm³/mol. The summed E-state index contributed by atoms with van der Waals surface area (Å²) in [6, 6.07) is 8.07. The maximum absolute atomic E-state index is 12.0. The van der Waals surface area contributed by atoms with Crippen molar-refractivity contribution >= 4 is 23.8 Å². The number of hydrogen-bond acceptors (Lipinski definition) is 4. The number of piperazine rings is 1. The first-order valence-electron chi connectivity index (χ1n) is 7.01. The molecule has 2 rings (SSSR count). The summed E-state index contributed by atoms with van der Waals surface area (Å²) < 4.78 is 0. The molecule has 1 aromatic rings. The van der Waals surface area contributed by atoms with Crippen molar-refractivity contribution in [3.8, 4) is 0 Å². The van der Waals surface area contributed by atoms with E-state index in [9.17, 15) is 19.2 Å². The molecule has 0 aromatic heterocycles. The molecule has 0 bridgehead atoms. The van der Waals surface area contributed by atoms with Crippen LogP contribution in [0.25, 0.3) is 0 Å². The maximum Gasteiger partial charge on any atom is 0.331 e. The van der Waals surface area contributed by atoms with Gasteiger partial charge in [-0.25, -0.2) is 4.79 Å². The number of imide groups is 2. The Bertz CT molecular complexity index is 600. The van der Waals surface area contributed by atoms with E-state index >= 15 is 0 Å². The third-order valence-corrected chi connectivity index (χ3v) is 3.39. The summed E-state index contributed by atoms with van der Waals surface area (Å²) in [6.07, 6.45) is 0.0314. The van der Waals surface area contributed by atoms with Crippen LogP contribution in [-0.4, -0.2) is 53.2 Å². The van der Waals surface area contributed by atoms with Crippen LogP contribution in [0.2, 0.25) is 0 Å². The number of likely N-dealkylation sites (N-methyl/N-ethyl adjacent to an activating group) is 1. The van der Waals surface area contributed by atoms with Gasteiger partial charge in [0.2, 0.25) is 5.91 Å². The Morgan fingerprint density at radius 2 is 1.77 bits per heavy atom. The lowest BCUT2D eigenvalue weighted by molar-refractivity contribution is -0.153. The summed E-state index contributed by atoms with van der Waals surface area (Å²) in [6.45, 7) is 2.53. The van der Waals surface area contributed by atoms with E-state index in [0.29, 0.717) is 6.54 Å². The molecule has 7 nitrogen and oxygen atoms in total. The van der Waals surface area contributed by atoms with Gasteiger partial charge in [-0.05, 0) is 12.5 Å². The molecular weight excluding hydrogens is 286 g/mol. The van der Waals surface area contributed by atoms with Gasteiger partial charge in [-0.1, -0.05) is 30.3 Å². The van der Waals surface area contributed by atoms with Crippen LogP contribution in [0.15, 0.2) is 30.3 Å². The Morgan fingerprint density at radius 1 is 1.09 bits per heavy atom. The van der Waals surface area contributed by atoms with Crippen molar-refractivity contribution < 1.29 is 19.2 Å². The quantitative estimate of drug-likeness (QED) is 0.806. The predicted octanol–water partition coefficient (Wildman–Crippen LogP) is 0.156. The van der Waals surface area contributed by atoms with E-state index < -0.39 is 23.8 Å². The van der Waals surface area contributed by atoms with Crippen molar-refractivity contribution in [2.75, 3.05) is 19.6 Å². The van der Waals surface area contributed by atoms with E-state index in [1.807, 2.05) is 6.07 Å². The number of nitrogens with one attached hydrogen (secondary N) is 1. The third kappa shape index (κ3) is 3.49. The molecule has 1 heterocycles. The van der Waals surface area contributed by atoms with E-state index in [4.69, 9.17) is 0 Å². The summed E-state index contributed by atoms with van der Waals surface area (Å²) >= 11 is 0. The molecular formula is C15H17N3O4. The Morgan fingerprint density at radius 3 is 2.41 bits per heavy atom. The highest BCUT2D eigenvalue weighted by Gasteiger charge is 2.35. The second-order valence-corrected chi connectivity index (χ2v) is 4.86. The molecule has 1 aromatic carbocycles. The minimum absolute atomic E-state index is 0.0314. The zero-order valence-corrected chi connectivity index (χ0v) is 12.2. The van der Waals surface area contributed by atoms with Gasteiger partial charge in [0, 0.05) is 19.6 Å². The second-order valence-electron chi connectivity index (χ2n) is 4.86. The van der Waals surface area contributed by atoms with Crippen molar-refractivity contribution in [1.29, 1.82) is 0 Å². The Kier molecular flexibility index (Phi) is 4.88. The lowest BCUT2D eigenvalue weighted by Crippen LogP contribution is -2.58. The number of hydrogen-bond donors (Lipinski definition) is 1. The average molecular weight is 303 g/mol. The standard InChI is InChI=1S/C15H17N3O4/c1-2-17-8-9-18(14(21)13(17)20)15(22)16-12(19)10-11-6-4-3-5-7-11/h3-7H,2,8-10H2,1H3,(H,16,19,22). The maximum atomic E-state index is 12.0. The largest absolute Gasteiger partial charge is 0.333 e. The number of carbonyl (C=O) groups is 4. The van der Waals surface area contributed by atoms with Gasteiger partial charge in [0.05, 0.1) is 6.42 Å². The van der Waals surface area contributed by atoms with E-state index in [1.165, 1.54) is 4.90 Å². The number of amides is 5. The first-order valence-corrected chi connectivity index (χ1v) is 7.01. The fraction of sp³-hybridized carbons (Fsp3) is 0.333. The fourth-order valence-corrected chi connectivity index (χ4v) is 2.18. The van der Waals surface area contributed by atoms with E-state index in [1.54, 1.807) is 31.2 Å². The SMILES string of the molecule is CCN1CCN(C(=O)NC(=O)Cc2ccccc2)C(=O)C1=O. The smallest absolute Gasteiger partial charge is 0.331 e. The number of nitrogens with zero attached hydrogens (tertiary/aromatic N) is 2.